The highest BCUT2D eigenvalue weighted by molar-refractivity contribution is 8.24. The van der Waals surface area contributed by atoms with Crippen molar-refractivity contribution in [1.29, 1.82) is 0 Å². The Labute approximate surface area is 216 Å². The van der Waals surface area contributed by atoms with Crippen molar-refractivity contribution in [2.24, 2.45) is 23.2 Å². The molecule has 0 aromatic heterocycles. The van der Waals surface area contributed by atoms with Crippen LogP contribution in [0.25, 0.3) is 0 Å². The molecule has 9 heteroatoms. The molecule has 2 aliphatic carbocycles. The molecule has 0 amide bonds. The summed E-state index contributed by atoms with van der Waals surface area (Å²) < 4.78 is 37.4. The zero-order valence-electron chi connectivity index (χ0n) is 21.5. The van der Waals surface area contributed by atoms with E-state index in [0.29, 0.717) is 23.8 Å². The number of thioether (sulfide) groups is 1. The number of aliphatic hydroxyl groups excluding tert-OH is 1. The molecule has 0 bridgehead atoms. The Morgan fingerprint density at radius 1 is 1.31 bits per heavy atom. The predicted molar refractivity (Wildman–Crippen MR) is 135 cm³/mol. The fourth-order valence-corrected chi connectivity index (χ4v) is 6.32. The highest BCUT2D eigenvalue weighted by Crippen LogP contribution is 2.57. The van der Waals surface area contributed by atoms with Gasteiger partial charge in [-0.15, -0.1) is 0 Å². The van der Waals surface area contributed by atoms with Crippen molar-refractivity contribution in [2.75, 3.05) is 6.61 Å². The number of carbonyl (C=O) groups is 4. The summed E-state index contributed by atoms with van der Waals surface area (Å²) in [6.45, 7) is 7.00. The van der Waals surface area contributed by atoms with Crippen molar-refractivity contribution in [2.45, 2.75) is 90.6 Å². The Hall–Kier alpha value is -1.87. The second kappa shape index (κ2) is 13.1. The molecular weight excluding hydrogens is 490 g/mol. The zero-order chi connectivity index (χ0) is 27.1. The fourth-order valence-electron chi connectivity index (χ4n) is 5.80. The Kier molecular flexibility index (Phi) is 11.0. The van der Waals surface area contributed by atoms with Gasteiger partial charge in [0.15, 0.2) is 16.5 Å². The lowest BCUT2D eigenvalue weighted by Crippen LogP contribution is -2.59. The zero-order valence-corrected chi connectivity index (χ0v) is 22.3. The summed E-state index contributed by atoms with van der Waals surface area (Å²) in [4.78, 5) is 46.9. The third-order valence-corrected chi connectivity index (χ3v) is 8.28. The number of aliphatic hydroxyl groups is 1. The minimum absolute atomic E-state index is 0.0218. The second-order valence-corrected chi connectivity index (χ2v) is 11.3. The van der Waals surface area contributed by atoms with Gasteiger partial charge >= 0.3 is 5.97 Å². The standard InChI is InChI=1S/C27H38F2O6S/c1-5-24(33)35-15-17(3)10-20-21(12-22(28)18-8-7-9-19(31)11-18)27(29,6-2)23(32)13-26(20,4)14-25(34)36-16-30/h7,9,11,16-17,20-23,32H,5-6,8,10,12-15H2,1-4H3/t17-,20?,21?,22+,23?,26?,27+/m1/s1. The molecule has 0 aromatic rings. The van der Waals surface area contributed by atoms with Gasteiger partial charge in [-0.1, -0.05) is 33.8 Å². The van der Waals surface area contributed by atoms with Gasteiger partial charge in [0.1, 0.15) is 11.8 Å². The van der Waals surface area contributed by atoms with Gasteiger partial charge in [-0.25, -0.2) is 8.78 Å². The van der Waals surface area contributed by atoms with Crippen molar-refractivity contribution in [3.63, 3.8) is 0 Å². The molecular formula is C27H38F2O6S. The van der Waals surface area contributed by atoms with E-state index >= 15 is 8.78 Å². The SMILES string of the molecule is CCC(=O)OC[C@H](C)CC1C(C[C@H](F)C2=CC(=O)C=CC2)[C@@](F)(CC)C(O)CC1(C)CC(=O)SC=O. The van der Waals surface area contributed by atoms with Crippen LogP contribution in [0.4, 0.5) is 8.78 Å². The summed E-state index contributed by atoms with van der Waals surface area (Å²) in [7, 11) is 0. The summed E-state index contributed by atoms with van der Waals surface area (Å²) in [6, 6.07) is 0. The van der Waals surface area contributed by atoms with Gasteiger partial charge in [0.25, 0.3) is 0 Å². The lowest BCUT2D eigenvalue weighted by atomic mass is 9.52. The maximum atomic E-state index is 16.5. The minimum atomic E-state index is -2.11. The number of rotatable bonds is 12. The molecule has 0 aromatic carbocycles. The van der Waals surface area contributed by atoms with Gasteiger partial charge in [0, 0.05) is 18.8 Å². The molecule has 4 unspecified atom stereocenters. The van der Waals surface area contributed by atoms with Crippen LogP contribution >= 0.6 is 11.8 Å². The number of esters is 1. The van der Waals surface area contributed by atoms with Crippen LogP contribution in [0.3, 0.4) is 0 Å². The maximum Gasteiger partial charge on any atom is 0.305 e. The molecule has 1 N–H and O–H groups in total. The quantitative estimate of drug-likeness (QED) is 0.278. The highest BCUT2D eigenvalue weighted by Gasteiger charge is 2.59. The van der Waals surface area contributed by atoms with Crippen LogP contribution in [-0.2, 0) is 23.9 Å². The Balaban J connectivity index is 2.45. The van der Waals surface area contributed by atoms with Crippen molar-refractivity contribution >= 4 is 34.2 Å². The summed E-state index contributed by atoms with van der Waals surface area (Å²) >= 11 is 0.514. The Bertz CT molecular complexity index is 889. The number of alkyl halides is 2. The van der Waals surface area contributed by atoms with Gasteiger partial charge in [-0.05, 0) is 78.8 Å². The van der Waals surface area contributed by atoms with E-state index < -0.39 is 40.3 Å². The Morgan fingerprint density at radius 2 is 2.00 bits per heavy atom. The molecule has 1 fully saturated rings. The van der Waals surface area contributed by atoms with Crippen molar-refractivity contribution in [3.8, 4) is 0 Å². The van der Waals surface area contributed by atoms with Gasteiger partial charge in [0.2, 0.25) is 0 Å². The molecule has 1 saturated carbocycles. The van der Waals surface area contributed by atoms with Gasteiger partial charge in [-0.3, -0.25) is 19.2 Å². The summed E-state index contributed by atoms with van der Waals surface area (Å²) in [5.41, 5.74) is -2.32. The molecule has 0 aliphatic heterocycles. The molecule has 2 rings (SSSR count). The maximum absolute atomic E-state index is 16.5. The van der Waals surface area contributed by atoms with Crippen LogP contribution in [0.1, 0.15) is 72.6 Å². The van der Waals surface area contributed by atoms with Crippen LogP contribution in [-0.4, -0.2) is 52.1 Å². The first-order chi connectivity index (χ1) is 16.9. The highest BCUT2D eigenvalue weighted by atomic mass is 32.2. The van der Waals surface area contributed by atoms with Crippen molar-refractivity contribution in [1.82, 2.24) is 0 Å². The second-order valence-electron chi connectivity index (χ2n) is 10.4. The third kappa shape index (κ3) is 7.34. The van der Waals surface area contributed by atoms with E-state index in [2.05, 4.69) is 0 Å². The number of halogens is 2. The summed E-state index contributed by atoms with van der Waals surface area (Å²) in [5, 5.41) is 10.6. The van der Waals surface area contributed by atoms with Crippen LogP contribution in [0.5, 0.6) is 0 Å². The number of hydrogen-bond acceptors (Lipinski definition) is 7. The largest absolute Gasteiger partial charge is 0.465 e. The molecule has 0 radical (unpaired) electrons. The predicted octanol–water partition coefficient (Wildman–Crippen LogP) is 5.11. The fraction of sp³-hybridized carbons (Fsp3) is 0.704. The van der Waals surface area contributed by atoms with E-state index in [1.165, 1.54) is 12.2 Å². The van der Waals surface area contributed by atoms with Crippen molar-refractivity contribution < 1.29 is 37.8 Å². The third-order valence-electron chi connectivity index (χ3n) is 7.78. The number of ketones is 1. The van der Waals surface area contributed by atoms with Crippen LogP contribution in [0.15, 0.2) is 23.8 Å². The van der Waals surface area contributed by atoms with Gasteiger partial charge in [0.05, 0.1) is 12.7 Å². The Morgan fingerprint density at radius 3 is 2.58 bits per heavy atom. The number of allylic oxidation sites excluding steroid dienone is 4. The van der Waals surface area contributed by atoms with E-state index in [4.69, 9.17) is 4.74 Å². The first kappa shape index (κ1) is 30.4. The van der Waals surface area contributed by atoms with Gasteiger partial charge < -0.3 is 9.84 Å². The molecule has 0 saturated heterocycles. The van der Waals surface area contributed by atoms with E-state index in [0.717, 1.165) is 0 Å². The molecule has 7 atom stereocenters. The smallest absolute Gasteiger partial charge is 0.305 e. The minimum Gasteiger partial charge on any atom is -0.465 e. The van der Waals surface area contributed by atoms with E-state index in [9.17, 15) is 24.3 Å². The summed E-state index contributed by atoms with van der Waals surface area (Å²) in [5.74, 6) is -2.42. The first-order valence-electron chi connectivity index (χ1n) is 12.6. The molecule has 202 valence electrons. The van der Waals surface area contributed by atoms with Crippen molar-refractivity contribution in [3.05, 3.63) is 23.8 Å². The monoisotopic (exact) mass is 528 g/mol. The molecule has 0 spiro atoms. The molecule has 2 aliphatic rings. The van der Waals surface area contributed by atoms with E-state index in [1.807, 2.05) is 6.92 Å². The molecule has 6 nitrogen and oxygen atoms in total. The lowest BCUT2D eigenvalue weighted by Gasteiger charge is -2.55. The van der Waals surface area contributed by atoms with Crippen LogP contribution in [0.2, 0.25) is 0 Å². The summed E-state index contributed by atoms with van der Waals surface area (Å²) in [6.07, 6.45) is 1.52. The average molecular weight is 529 g/mol. The topological polar surface area (TPSA) is 97.7 Å². The van der Waals surface area contributed by atoms with Crippen LogP contribution in [0, 0.1) is 23.2 Å². The van der Waals surface area contributed by atoms with Gasteiger partial charge in [-0.2, -0.15) is 0 Å². The van der Waals surface area contributed by atoms with Crippen LogP contribution < -0.4 is 0 Å². The first-order valence-corrected chi connectivity index (χ1v) is 13.5. The van der Waals surface area contributed by atoms with E-state index in [-0.39, 0.29) is 68.4 Å². The lowest BCUT2D eigenvalue weighted by molar-refractivity contribution is -0.166. The normalized spacial score (nSPS) is 31.9. The molecule has 36 heavy (non-hydrogen) atoms. The average Bonchev–Trinajstić information content (AvgIpc) is 2.83. The molecule has 0 heterocycles. The number of ether oxygens (including phenoxy) is 1. The number of hydrogen-bond donors (Lipinski definition) is 1. The number of carbonyl (C=O) groups excluding carboxylic acids is 4. The van der Waals surface area contributed by atoms with E-state index in [1.54, 1.807) is 26.8 Å².